The zero-order valence-corrected chi connectivity index (χ0v) is 15.6. The second-order valence-corrected chi connectivity index (χ2v) is 7.00. The molecule has 0 radical (unpaired) electrons. The first-order chi connectivity index (χ1) is 13.7. The molecule has 1 amide bonds. The highest BCUT2D eigenvalue weighted by atomic mass is 19.4. The molecule has 3 rings (SSSR count). The molecule has 1 aliphatic carbocycles. The van der Waals surface area contributed by atoms with Crippen LogP contribution in [0.2, 0.25) is 0 Å². The molecule has 0 aliphatic heterocycles. The molecule has 2 aromatic rings. The van der Waals surface area contributed by atoms with Crippen LogP contribution in [0.15, 0.2) is 30.4 Å². The standard InChI is InChI=1S/C20H21F3N2O4/c1-11-13(16-10-12(29-20(21,22)23)6-7-17(16)25-11)8-9-24-18(26)14-4-2-3-5-15(14)19(27)28/h2-3,6-7,10,14-15,25H,4-5,8-9H2,1H3,(H,24,26)(H,27,28)/p-1/t14-,15-/m1/s1. The highest BCUT2D eigenvalue weighted by Gasteiger charge is 2.31. The number of aromatic nitrogens is 1. The lowest BCUT2D eigenvalue weighted by Crippen LogP contribution is -2.44. The smallest absolute Gasteiger partial charge is 0.550 e. The van der Waals surface area contributed by atoms with Crippen molar-refractivity contribution in [3.63, 3.8) is 0 Å². The van der Waals surface area contributed by atoms with E-state index in [1.54, 1.807) is 19.1 Å². The Morgan fingerprint density at radius 2 is 1.93 bits per heavy atom. The Hall–Kier alpha value is -2.97. The van der Waals surface area contributed by atoms with Gasteiger partial charge in [-0.2, -0.15) is 0 Å². The zero-order chi connectivity index (χ0) is 21.2. The van der Waals surface area contributed by atoms with E-state index in [9.17, 15) is 27.9 Å². The third kappa shape index (κ3) is 4.90. The van der Waals surface area contributed by atoms with E-state index in [4.69, 9.17) is 0 Å². The number of carboxylic acids is 1. The average Bonchev–Trinajstić information content (AvgIpc) is 2.95. The maximum atomic E-state index is 12.5. The van der Waals surface area contributed by atoms with Crippen LogP contribution < -0.4 is 15.2 Å². The topological polar surface area (TPSA) is 94.2 Å². The lowest BCUT2D eigenvalue weighted by Gasteiger charge is -2.28. The third-order valence-electron chi connectivity index (χ3n) is 5.07. The number of benzene rings is 1. The lowest BCUT2D eigenvalue weighted by molar-refractivity contribution is -0.313. The number of aryl methyl sites for hydroxylation is 1. The van der Waals surface area contributed by atoms with E-state index in [-0.39, 0.29) is 24.6 Å². The van der Waals surface area contributed by atoms with Gasteiger partial charge < -0.3 is 24.9 Å². The van der Waals surface area contributed by atoms with Gasteiger partial charge in [0.25, 0.3) is 0 Å². The second-order valence-electron chi connectivity index (χ2n) is 7.00. The zero-order valence-electron chi connectivity index (χ0n) is 15.6. The van der Waals surface area contributed by atoms with Crippen LogP contribution in [0.1, 0.15) is 24.1 Å². The maximum Gasteiger partial charge on any atom is 0.573 e. The minimum atomic E-state index is -4.78. The molecule has 1 aromatic carbocycles. The maximum absolute atomic E-state index is 12.5. The number of nitrogens with one attached hydrogen (secondary N) is 2. The Morgan fingerprint density at radius 3 is 2.59 bits per heavy atom. The number of carbonyl (C=O) groups is 2. The van der Waals surface area contributed by atoms with E-state index >= 15 is 0 Å². The van der Waals surface area contributed by atoms with Gasteiger partial charge in [0.1, 0.15) is 5.75 Å². The molecule has 0 saturated carbocycles. The highest BCUT2D eigenvalue weighted by Crippen LogP contribution is 2.30. The fourth-order valence-corrected chi connectivity index (χ4v) is 3.69. The van der Waals surface area contributed by atoms with E-state index in [2.05, 4.69) is 15.0 Å². The minimum absolute atomic E-state index is 0.219. The molecule has 156 valence electrons. The first kappa shape index (κ1) is 20.8. The Bertz CT molecular complexity index is 949. The molecule has 0 saturated heterocycles. The fourth-order valence-electron chi connectivity index (χ4n) is 3.69. The van der Waals surface area contributed by atoms with Gasteiger partial charge in [0.2, 0.25) is 5.91 Å². The van der Waals surface area contributed by atoms with Gasteiger partial charge in [0.15, 0.2) is 0 Å². The Labute approximate surface area is 164 Å². The molecular formula is C20H20F3N2O4-. The summed E-state index contributed by atoms with van der Waals surface area (Å²) in [5.41, 5.74) is 2.19. The molecule has 0 fully saturated rings. The Morgan fingerprint density at radius 1 is 1.24 bits per heavy atom. The molecule has 29 heavy (non-hydrogen) atoms. The number of alkyl halides is 3. The van der Waals surface area contributed by atoms with Gasteiger partial charge in [-0.1, -0.05) is 12.2 Å². The van der Waals surface area contributed by atoms with Crippen molar-refractivity contribution in [2.24, 2.45) is 11.8 Å². The third-order valence-corrected chi connectivity index (χ3v) is 5.07. The summed E-state index contributed by atoms with van der Waals surface area (Å²) in [6.45, 7) is 2.01. The number of ether oxygens (including phenoxy) is 1. The number of rotatable bonds is 6. The summed E-state index contributed by atoms with van der Waals surface area (Å²) in [4.78, 5) is 26.7. The Kier molecular flexibility index (Phi) is 5.86. The van der Waals surface area contributed by atoms with Crippen molar-refractivity contribution in [1.29, 1.82) is 0 Å². The van der Waals surface area contributed by atoms with Gasteiger partial charge in [-0.15, -0.1) is 13.2 Å². The largest absolute Gasteiger partial charge is 0.573 e. The molecule has 0 bridgehead atoms. The summed E-state index contributed by atoms with van der Waals surface area (Å²) in [6.07, 6.45) is -0.336. The summed E-state index contributed by atoms with van der Waals surface area (Å²) in [5, 5.41) is 14.5. The van der Waals surface area contributed by atoms with Crippen LogP contribution in [0.5, 0.6) is 5.75 Å². The predicted octanol–water partition coefficient (Wildman–Crippen LogP) is 2.37. The number of hydrogen-bond acceptors (Lipinski definition) is 4. The molecule has 6 nitrogen and oxygen atoms in total. The number of aromatic amines is 1. The monoisotopic (exact) mass is 409 g/mol. The van der Waals surface area contributed by atoms with Gasteiger partial charge in [0, 0.05) is 40.9 Å². The quantitative estimate of drug-likeness (QED) is 0.717. The summed E-state index contributed by atoms with van der Waals surface area (Å²) in [7, 11) is 0. The second kappa shape index (κ2) is 8.18. The number of fused-ring (bicyclic) bond motifs is 1. The van der Waals surface area contributed by atoms with Gasteiger partial charge >= 0.3 is 6.36 Å². The molecule has 2 atom stereocenters. The Balaban J connectivity index is 1.69. The van der Waals surface area contributed by atoms with E-state index in [1.165, 1.54) is 18.2 Å². The molecule has 1 aromatic heterocycles. The van der Waals surface area contributed by atoms with Crippen molar-refractivity contribution >= 4 is 22.8 Å². The summed E-state index contributed by atoms with van der Waals surface area (Å²) >= 11 is 0. The molecule has 9 heteroatoms. The number of aliphatic carboxylic acids is 1. The molecule has 2 N–H and O–H groups in total. The van der Waals surface area contributed by atoms with Crippen molar-refractivity contribution < 1.29 is 32.6 Å². The van der Waals surface area contributed by atoms with E-state index in [0.717, 1.165) is 11.3 Å². The van der Waals surface area contributed by atoms with Crippen molar-refractivity contribution in [3.8, 4) is 5.75 Å². The normalized spacial score (nSPS) is 19.3. The number of amides is 1. The number of carbonyl (C=O) groups excluding carboxylic acids is 2. The average molecular weight is 409 g/mol. The van der Waals surface area contributed by atoms with Crippen LogP contribution in [0.3, 0.4) is 0 Å². The van der Waals surface area contributed by atoms with Gasteiger partial charge in [-0.3, -0.25) is 4.79 Å². The number of carboxylic acid groups (broad SMARTS) is 1. The predicted molar refractivity (Wildman–Crippen MR) is 96.8 cm³/mol. The summed E-state index contributed by atoms with van der Waals surface area (Å²) in [5.74, 6) is -3.50. The van der Waals surface area contributed by atoms with Crippen LogP contribution >= 0.6 is 0 Å². The van der Waals surface area contributed by atoms with Crippen LogP contribution in [-0.2, 0) is 16.0 Å². The van der Waals surface area contributed by atoms with Crippen molar-refractivity contribution in [2.45, 2.75) is 32.5 Å². The number of allylic oxidation sites excluding steroid dienone is 2. The first-order valence-electron chi connectivity index (χ1n) is 9.16. The fraction of sp³-hybridized carbons (Fsp3) is 0.400. The van der Waals surface area contributed by atoms with Crippen LogP contribution in [0.25, 0.3) is 10.9 Å². The lowest BCUT2D eigenvalue weighted by atomic mass is 9.82. The van der Waals surface area contributed by atoms with E-state index in [0.29, 0.717) is 23.7 Å². The van der Waals surface area contributed by atoms with Gasteiger partial charge in [0.05, 0.1) is 0 Å². The molecule has 0 unspecified atom stereocenters. The SMILES string of the molecule is Cc1[nH]c2ccc(OC(F)(F)F)cc2c1CCNC(=O)[C@@H]1CC=CC[C@H]1C(=O)[O-]. The molecular weight excluding hydrogens is 389 g/mol. The molecule has 1 aliphatic rings. The van der Waals surface area contributed by atoms with Crippen LogP contribution in [0.4, 0.5) is 13.2 Å². The van der Waals surface area contributed by atoms with Crippen LogP contribution in [-0.4, -0.2) is 29.8 Å². The first-order valence-corrected chi connectivity index (χ1v) is 9.16. The van der Waals surface area contributed by atoms with Crippen molar-refractivity contribution in [2.75, 3.05) is 6.54 Å². The minimum Gasteiger partial charge on any atom is -0.550 e. The molecule has 0 spiro atoms. The summed E-state index contributed by atoms with van der Waals surface area (Å²) < 4.78 is 41.4. The van der Waals surface area contributed by atoms with Crippen LogP contribution in [0, 0.1) is 18.8 Å². The van der Waals surface area contributed by atoms with Gasteiger partial charge in [-0.25, -0.2) is 0 Å². The number of H-pyrrole nitrogens is 1. The van der Waals surface area contributed by atoms with Crippen molar-refractivity contribution in [3.05, 3.63) is 41.6 Å². The number of hydrogen-bond donors (Lipinski definition) is 2. The van der Waals surface area contributed by atoms with Crippen molar-refractivity contribution in [1.82, 2.24) is 10.3 Å². The van der Waals surface area contributed by atoms with Gasteiger partial charge in [-0.05, 0) is 49.9 Å². The molecule has 1 heterocycles. The summed E-state index contributed by atoms with van der Waals surface area (Å²) in [6, 6.07) is 4.04. The van der Waals surface area contributed by atoms with E-state index < -0.39 is 24.2 Å². The van der Waals surface area contributed by atoms with E-state index in [1.807, 2.05) is 0 Å². The number of halogens is 3. The highest BCUT2D eigenvalue weighted by molar-refractivity contribution is 5.87.